The van der Waals surface area contributed by atoms with E-state index >= 15 is 0 Å². The van der Waals surface area contributed by atoms with Crippen molar-refractivity contribution < 1.29 is 14.1 Å². The Morgan fingerprint density at radius 1 is 1.43 bits per heavy atom. The number of aromatic nitrogens is 1. The second-order valence-corrected chi connectivity index (χ2v) is 4.46. The Bertz CT molecular complexity index is 667. The molecule has 3 rings (SSSR count). The number of benzene rings is 1. The molecule has 0 fully saturated rings. The van der Waals surface area contributed by atoms with Gasteiger partial charge in [-0.15, -0.1) is 0 Å². The van der Waals surface area contributed by atoms with Gasteiger partial charge in [-0.05, 0) is 31.2 Å². The summed E-state index contributed by atoms with van der Waals surface area (Å²) >= 11 is 0. The van der Waals surface area contributed by atoms with E-state index in [9.17, 15) is 4.79 Å². The molecule has 0 aliphatic carbocycles. The lowest BCUT2D eigenvalue weighted by Gasteiger charge is -2.27. The summed E-state index contributed by atoms with van der Waals surface area (Å²) in [5, 5.41) is 7.35. The minimum Gasteiger partial charge on any atom is -0.462 e. The molecule has 0 bridgehead atoms. The average Bonchev–Trinajstić information content (AvgIpc) is 3.01. The third-order valence-electron chi connectivity index (χ3n) is 3.15. The molecule has 0 saturated carbocycles. The zero-order chi connectivity index (χ0) is 15.0. The molecule has 8 heteroatoms. The Morgan fingerprint density at radius 3 is 2.76 bits per heavy atom. The zero-order valence-electron chi connectivity index (χ0n) is 11.7. The highest BCUT2D eigenvalue weighted by Crippen LogP contribution is 2.39. The van der Waals surface area contributed by atoms with E-state index in [-0.39, 0.29) is 11.9 Å². The highest BCUT2D eigenvalue weighted by molar-refractivity contribution is 5.90. The molecular formula is C13H15N5O3. The molecule has 3 N–H and O–H groups in total. The third kappa shape index (κ3) is 2.10. The number of hydrazine groups is 2. The van der Waals surface area contributed by atoms with Gasteiger partial charge in [-0.1, -0.05) is 5.16 Å². The molecule has 1 aliphatic heterocycles. The van der Waals surface area contributed by atoms with Crippen molar-refractivity contribution >= 4 is 29.0 Å². The maximum atomic E-state index is 11.6. The molecule has 2 heterocycles. The van der Waals surface area contributed by atoms with Gasteiger partial charge in [0.2, 0.25) is 11.7 Å². The van der Waals surface area contributed by atoms with E-state index in [1.807, 2.05) is 7.05 Å². The highest BCUT2D eigenvalue weighted by atomic mass is 16.5. The highest BCUT2D eigenvalue weighted by Gasteiger charge is 2.31. The van der Waals surface area contributed by atoms with Crippen LogP contribution in [0.15, 0.2) is 28.8 Å². The summed E-state index contributed by atoms with van der Waals surface area (Å²) in [5.74, 6) is 0.448. The van der Waals surface area contributed by atoms with Gasteiger partial charge in [-0.2, -0.15) is 5.12 Å². The first kappa shape index (κ1) is 13.1. The molecule has 1 aromatic carbocycles. The van der Waals surface area contributed by atoms with E-state index in [1.165, 1.54) is 0 Å². The molecule has 0 atom stereocenters. The molecule has 0 radical (unpaired) electrons. The van der Waals surface area contributed by atoms with Crippen LogP contribution in [0.1, 0.15) is 17.3 Å². The monoisotopic (exact) mass is 289 g/mol. The lowest BCUT2D eigenvalue weighted by molar-refractivity contribution is 0.0526. The van der Waals surface area contributed by atoms with Gasteiger partial charge < -0.3 is 15.0 Å². The van der Waals surface area contributed by atoms with Crippen LogP contribution in [0.2, 0.25) is 0 Å². The third-order valence-corrected chi connectivity index (χ3v) is 3.15. The van der Waals surface area contributed by atoms with Crippen molar-refractivity contribution in [3.63, 3.8) is 0 Å². The molecule has 8 nitrogen and oxygen atoms in total. The van der Waals surface area contributed by atoms with E-state index in [0.29, 0.717) is 23.7 Å². The lowest BCUT2D eigenvalue weighted by Crippen LogP contribution is -2.39. The number of carbonyl (C=O) groups excluding carboxylic acids is 1. The van der Waals surface area contributed by atoms with E-state index in [4.69, 9.17) is 15.0 Å². The van der Waals surface area contributed by atoms with Gasteiger partial charge in [0.05, 0.1) is 17.9 Å². The van der Waals surface area contributed by atoms with Crippen LogP contribution in [0.4, 0.5) is 23.1 Å². The topological polar surface area (TPSA) is 96.9 Å². The first-order valence-electron chi connectivity index (χ1n) is 6.44. The van der Waals surface area contributed by atoms with Gasteiger partial charge >= 0.3 is 5.97 Å². The molecule has 2 aromatic rings. The molecule has 0 spiro atoms. The van der Waals surface area contributed by atoms with Gasteiger partial charge in [0.25, 0.3) is 0 Å². The average molecular weight is 289 g/mol. The van der Waals surface area contributed by atoms with Gasteiger partial charge in [0.1, 0.15) is 0 Å². The van der Waals surface area contributed by atoms with Gasteiger partial charge in [-0.25, -0.2) is 4.79 Å². The van der Waals surface area contributed by atoms with Crippen molar-refractivity contribution in [1.82, 2.24) is 5.16 Å². The Hall–Kier alpha value is -2.90. The Balaban J connectivity index is 1.81. The number of nitrogens with one attached hydrogen (secondary N) is 1. The smallest absolute Gasteiger partial charge is 0.338 e. The van der Waals surface area contributed by atoms with Gasteiger partial charge in [0, 0.05) is 7.05 Å². The summed E-state index contributed by atoms with van der Waals surface area (Å²) < 4.78 is 9.86. The second-order valence-electron chi connectivity index (χ2n) is 4.46. The van der Waals surface area contributed by atoms with E-state index in [0.717, 1.165) is 5.69 Å². The number of rotatable bonds is 3. The number of nitrogen functional groups attached to an aromatic ring is 1. The number of carbonyl (C=O) groups is 1. The van der Waals surface area contributed by atoms with Crippen molar-refractivity contribution in [2.45, 2.75) is 6.92 Å². The number of fused-ring (bicyclic) bond motifs is 1. The van der Waals surface area contributed by atoms with E-state index in [1.54, 1.807) is 41.3 Å². The molecule has 1 aliphatic rings. The summed E-state index contributed by atoms with van der Waals surface area (Å²) in [5.41, 5.74) is 10.8. The fourth-order valence-electron chi connectivity index (χ4n) is 2.15. The second kappa shape index (κ2) is 4.89. The fraction of sp³-hybridized carbons (Fsp3) is 0.231. The van der Waals surface area contributed by atoms with Crippen LogP contribution in [-0.4, -0.2) is 24.8 Å². The van der Waals surface area contributed by atoms with Gasteiger partial charge in [0.15, 0.2) is 5.69 Å². The SMILES string of the molecule is CCOC(=O)c1ccc(N2Nc3noc(N)c3N2C)cc1. The normalized spacial score (nSPS) is 13.0. The zero-order valence-corrected chi connectivity index (χ0v) is 11.7. The first-order chi connectivity index (χ1) is 10.1. The predicted octanol–water partition coefficient (Wildman–Crippen LogP) is 1.63. The van der Waals surface area contributed by atoms with E-state index < -0.39 is 0 Å². The van der Waals surface area contributed by atoms with Crippen molar-refractivity contribution in [2.24, 2.45) is 0 Å². The molecule has 0 saturated heterocycles. The summed E-state index contributed by atoms with van der Waals surface area (Å²) in [6.45, 7) is 2.12. The van der Waals surface area contributed by atoms with Crippen molar-refractivity contribution in [3.05, 3.63) is 29.8 Å². The van der Waals surface area contributed by atoms with E-state index in [2.05, 4.69) is 10.6 Å². The molecular weight excluding hydrogens is 274 g/mol. The van der Waals surface area contributed by atoms with Crippen molar-refractivity contribution in [3.8, 4) is 0 Å². The predicted molar refractivity (Wildman–Crippen MR) is 77.8 cm³/mol. The number of hydrogen-bond donors (Lipinski definition) is 2. The minimum absolute atomic E-state index is 0.241. The summed E-state index contributed by atoms with van der Waals surface area (Å²) in [4.78, 5) is 11.6. The summed E-state index contributed by atoms with van der Waals surface area (Å²) in [6.07, 6.45) is 0. The van der Waals surface area contributed by atoms with Crippen LogP contribution in [0.3, 0.4) is 0 Å². The lowest BCUT2D eigenvalue weighted by atomic mass is 10.2. The summed E-state index contributed by atoms with van der Waals surface area (Å²) in [7, 11) is 1.83. The van der Waals surface area contributed by atoms with Crippen LogP contribution in [0.5, 0.6) is 0 Å². The summed E-state index contributed by atoms with van der Waals surface area (Å²) in [6, 6.07) is 7.00. The molecule has 0 amide bonds. The first-order valence-corrected chi connectivity index (χ1v) is 6.44. The number of esters is 1. The van der Waals surface area contributed by atoms with Crippen LogP contribution in [0, 0.1) is 0 Å². The Morgan fingerprint density at radius 2 is 2.14 bits per heavy atom. The van der Waals surface area contributed by atoms with Crippen LogP contribution in [-0.2, 0) is 4.74 Å². The minimum atomic E-state index is -0.339. The van der Waals surface area contributed by atoms with Crippen molar-refractivity contribution in [2.75, 3.05) is 34.9 Å². The molecule has 21 heavy (non-hydrogen) atoms. The Labute approximate surface area is 121 Å². The quantitative estimate of drug-likeness (QED) is 0.823. The largest absolute Gasteiger partial charge is 0.462 e. The molecule has 0 unspecified atom stereocenters. The maximum Gasteiger partial charge on any atom is 0.338 e. The standard InChI is InChI=1S/C13H15N5O3/c1-3-20-13(19)8-4-6-9(7-5-8)18-15-12-10(17(18)2)11(14)21-16-12/h4-7H,3,14H2,1-2H3,(H,15,16). The van der Waals surface area contributed by atoms with Gasteiger partial charge in [-0.3, -0.25) is 10.4 Å². The molecule has 1 aromatic heterocycles. The molecule has 110 valence electrons. The number of hydrogen-bond acceptors (Lipinski definition) is 8. The number of ether oxygens (including phenoxy) is 1. The fourth-order valence-corrected chi connectivity index (χ4v) is 2.15. The number of nitrogens with zero attached hydrogens (tertiary/aromatic N) is 3. The number of anilines is 4. The van der Waals surface area contributed by atoms with Crippen molar-refractivity contribution in [1.29, 1.82) is 0 Å². The number of nitrogens with two attached hydrogens (primary N) is 1. The van der Waals surface area contributed by atoms with Crippen LogP contribution >= 0.6 is 0 Å². The Kier molecular flexibility index (Phi) is 3.05. The maximum absolute atomic E-state index is 11.6. The van der Waals surface area contributed by atoms with Crippen LogP contribution in [0.25, 0.3) is 0 Å². The van der Waals surface area contributed by atoms with Crippen LogP contribution < -0.4 is 21.3 Å².